The minimum atomic E-state index is -0.399. The Hall–Kier alpha value is -1.82. The van der Waals surface area contributed by atoms with Crippen LogP contribution in [-0.2, 0) is 6.54 Å². The molecule has 2 aromatic rings. The van der Waals surface area contributed by atoms with E-state index in [4.69, 9.17) is 0 Å². The zero-order valence-electron chi connectivity index (χ0n) is 8.86. The molecule has 6 heteroatoms. The van der Waals surface area contributed by atoms with Crippen molar-refractivity contribution in [2.24, 2.45) is 0 Å². The van der Waals surface area contributed by atoms with Crippen molar-refractivity contribution in [3.05, 3.63) is 64.7 Å². The van der Waals surface area contributed by atoms with Crippen LogP contribution in [0.4, 0.5) is 5.69 Å². The van der Waals surface area contributed by atoms with E-state index in [0.717, 1.165) is 5.56 Å². The summed E-state index contributed by atoms with van der Waals surface area (Å²) < 4.78 is 1.95. The van der Waals surface area contributed by atoms with Gasteiger partial charge in [-0.3, -0.25) is 15.1 Å². The summed E-state index contributed by atoms with van der Waals surface area (Å²) >= 11 is 0. The van der Waals surface area contributed by atoms with E-state index in [-0.39, 0.29) is 22.7 Å². The Bertz CT molecular complexity index is 488. The predicted octanol–water partition coefficient (Wildman–Crippen LogP) is -1.67. The molecule has 88 valence electrons. The first-order chi connectivity index (χ1) is 7.75. The lowest BCUT2D eigenvalue weighted by atomic mass is 10.2. The summed E-state index contributed by atoms with van der Waals surface area (Å²) in [6.07, 6.45) is 7.10. The number of nitro groups is 1. The molecule has 0 spiro atoms. The molecule has 0 fully saturated rings. The molecular weight excluding hydrogens is 286 g/mol. The first kappa shape index (κ1) is 13.2. The van der Waals surface area contributed by atoms with Crippen LogP contribution in [0.2, 0.25) is 0 Å². The average molecular weight is 296 g/mol. The molecule has 0 aliphatic heterocycles. The van der Waals surface area contributed by atoms with Crippen molar-refractivity contribution in [3.8, 4) is 0 Å². The second kappa shape index (κ2) is 6.05. The second-order valence-electron chi connectivity index (χ2n) is 3.34. The van der Waals surface area contributed by atoms with Gasteiger partial charge in [-0.15, -0.1) is 0 Å². The Labute approximate surface area is 109 Å². The van der Waals surface area contributed by atoms with Gasteiger partial charge in [0.1, 0.15) is 0 Å². The SMILES string of the molecule is O=[N+]([O-])c1ccc(C[n+]2ccncc2)cc1.[Br-]. The van der Waals surface area contributed by atoms with Gasteiger partial charge in [0.05, 0.1) is 17.3 Å². The molecule has 1 heterocycles. The molecule has 0 bridgehead atoms. The summed E-state index contributed by atoms with van der Waals surface area (Å²) in [4.78, 5) is 14.0. The van der Waals surface area contributed by atoms with E-state index < -0.39 is 4.92 Å². The van der Waals surface area contributed by atoms with Gasteiger partial charge in [-0.05, 0) is 12.1 Å². The molecule has 1 aromatic carbocycles. The molecule has 0 unspecified atom stereocenters. The fraction of sp³-hybridized carbons (Fsp3) is 0.0909. The third-order valence-corrected chi connectivity index (χ3v) is 2.20. The van der Waals surface area contributed by atoms with Crippen LogP contribution in [0.1, 0.15) is 5.56 Å². The number of nitro benzene ring substituents is 1. The molecule has 0 saturated heterocycles. The Kier molecular flexibility index (Phi) is 4.71. The molecule has 0 radical (unpaired) electrons. The quantitative estimate of drug-likeness (QED) is 0.386. The molecule has 0 aliphatic rings. The van der Waals surface area contributed by atoms with Crippen molar-refractivity contribution in [1.29, 1.82) is 0 Å². The zero-order valence-corrected chi connectivity index (χ0v) is 10.4. The smallest absolute Gasteiger partial charge is 0.269 e. The van der Waals surface area contributed by atoms with Gasteiger partial charge in [0.2, 0.25) is 0 Å². The lowest BCUT2D eigenvalue weighted by Crippen LogP contribution is -3.00. The van der Waals surface area contributed by atoms with Gasteiger partial charge < -0.3 is 17.0 Å². The van der Waals surface area contributed by atoms with Gasteiger partial charge >= 0.3 is 0 Å². The summed E-state index contributed by atoms with van der Waals surface area (Å²) in [6, 6.07) is 6.53. The Morgan fingerprint density at radius 1 is 1.18 bits per heavy atom. The van der Waals surface area contributed by atoms with Crippen LogP contribution < -0.4 is 21.5 Å². The van der Waals surface area contributed by atoms with Gasteiger partial charge in [-0.1, -0.05) is 0 Å². The van der Waals surface area contributed by atoms with E-state index in [2.05, 4.69) is 4.98 Å². The highest BCUT2D eigenvalue weighted by molar-refractivity contribution is 5.32. The maximum absolute atomic E-state index is 10.5. The largest absolute Gasteiger partial charge is 1.00 e. The van der Waals surface area contributed by atoms with Gasteiger partial charge in [0.15, 0.2) is 18.9 Å². The molecule has 5 nitrogen and oxygen atoms in total. The third kappa shape index (κ3) is 3.60. The van der Waals surface area contributed by atoms with Crippen LogP contribution >= 0.6 is 0 Å². The monoisotopic (exact) mass is 295 g/mol. The van der Waals surface area contributed by atoms with Gasteiger partial charge in [0.25, 0.3) is 5.69 Å². The van der Waals surface area contributed by atoms with E-state index in [1.165, 1.54) is 12.1 Å². The lowest BCUT2D eigenvalue weighted by molar-refractivity contribution is -0.688. The highest BCUT2D eigenvalue weighted by Crippen LogP contribution is 2.11. The normalized spacial score (nSPS) is 9.41. The van der Waals surface area contributed by atoms with E-state index >= 15 is 0 Å². The molecule has 0 atom stereocenters. The van der Waals surface area contributed by atoms with E-state index in [1.54, 1.807) is 24.5 Å². The molecule has 0 saturated carbocycles. The number of non-ortho nitro benzene ring substituents is 1. The van der Waals surface area contributed by atoms with Crippen LogP contribution in [0.25, 0.3) is 0 Å². The van der Waals surface area contributed by atoms with Crippen molar-refractivity contribution in [3.63, 3.8) is 0 Å². The highest BCUT2D eigenvalue weighted by Gasteiger charge is 2.06. The van der Waals surface area contributed by atoms with E-state index in [9.17, 15) is 10.1 Å². The molecule has 1 aromatic heterocycles. The lowest BCUT2D eigenvalue weighted by Gasteiger charge is -1.96. The Balaban J connectivity index is 0.00000144. The second-order valence-corrected chi connectivity index (χ2v) is 3.34. The molecule has 2 rings (SSSR count). The van der Waals surface area contributed by atoms with E-state index in [1.807, 2.05) is 17.0 Å². The summed E-state index contributed by atoms with van der Waals surface area (Å²) in [7, 11) is 0. The number of benzene rings is 1. The Morgan fingerprint density at radius 2 is 1.76 bits per heavy atom. The fourth-order valence-electron chi connectivity index (χ4n) is 1.39. The topological polar surface area (TPSA) is 59.9 Å². The van der Waals surface area contributed by atoms with Crippen molar-refractivity contribution in [1.82, 2.24) is 4.98 Å². The van der Waals surface area contributed by atoms with E-state index in [0.29, 0.717) is 6.54 Å². The van der Waals surface area contributed by atoms with Crippen molar-refractivity contribution in [2.45, 2.75) is 6.54 Å². The average Bonchev–Trinajstić information content (AvgIpc) is 2.31. The number of halogens is 1. The van der Waals surface area contributed by atoms with Crippen LogP contribution in [0.3, 0.4) is 0 Å². The number of rotatable bonds is 3. The maximum atomic E-state index is 10.5. The van der Waals surface area contributed by atoms with Crippen LogP contribution in [0.15, 0.2) is 49.1 Å². The standard InChI is InChI=1S/C11H10N3O2.BrH/c15-14(16)11-3-1-10(2-4-11)9-13-7-5-12-6-8-13;/h1-8H,9H2;1H/q+1;/p-1. The molecule has 0 aliphatic carbocycles. The van der Waals surface area contributed by atoms with Crippen LogP contribution in [0, 0.1) is 10.1 Å². The molecule has 0 N–H and O–H groups in total. The number of hydrogen-bond acceptors (Lipinski definition) is 3. The molecule has 17 heavy (non-hydrogen) atoms. The number of aromatic nitrogens is 2. The molecule has 0 amide bonds. The van der Waals surface area contributed by atoms with Gasteiger partial charge in [-0.25, -0.2) is 0 Å². The van der Waals surface area contributed by atoms with Crippen molar-refractivity contribution < 1.29 is 26.5 Å². The predicted molar refractivity (Wildman–Crippen MR) is 56.6 cm³/mol. The summed E-state index contributed by atoms with van der Waals surface area (Å²) in [5, 5.41) is 10.5. The van der Waals surface area contributed by atoms with Crippen LogP contribution in [-0.4, -0.2) is 9.91 Å². The number of nitrogens with zero attached hydrogens (tertiary/aromatic N) is 3. The first-order valence-corrected chi connectivity index (χ1v) is 4.78. The number of hydrogen-bond donors (Lipinski definition) is 0. The first-order valence-electron chi connectivity index (χ1n) is 4.78. The summed E-state index contributed by atoms with van der Waals surface area (Å²) in [5.74, 6) is 0. The summed E-state index contributed by atoms with van der Waals surface area (Å²) in [5.41, 5.74) is 1.13. The van der Waals surface area contributed by atoms with Crippen molar-refractivity contribution >= 4 is 5.69 Å². The Morgan fingerprint density at radius 3 is 2.29 bits per heavy atom. The highest BCUT2D eigenvalue weighted by atomic mass is 79.9. The van der Waals surface area contributed by atoms with Gasteiger partial charge in [-0.2, -0.15) is 4.57 Å². The van der Waals surface area contributed by atoms with Crippen LogP contribution in [0.5, 0.6) is 0 Å². The minimum absolute atomic E-state index is 0. The van der Waals surface area contributed by atoms with Gasteiger partial charge in [0, 0.05) is 17.7 Å². The molecular formula is C11H10BrN3O2. The fourth-order valence-corrected chi connectivity index (χ4v) is 1.39. The minimum Gasteiger partial charge on any atom is -1.00 e. The maximum Gasteiger partial charge on any atom is 0.269 e. The zero-order chi connectivity index (χ0) is 11.4. The summed E-state index contributed by atoms with van der Waals surface area (Å²) in [6.45, 7) is 0.681. The third-order valence-electron chi connectivity index (χ3n) is 2.20. The van der Waals surface area contributed by atoms with Crippen molar-refractivity contribution in [2.75, 3.05) is 0 Å².